The van der Waals surface area contributed by atoms with Crippen LogP contribution >= 0.6 is 69.6 Å². The minimum atomic E-state index is -0.422. The van der Waals surface area contributed by atoms with Gasteiger partial charge in [0, 0.05) is 209 Å². The highest BCUT2D eigenvalue weighted by molar-refractivity contribution is 6.43. The zero-order valence-electron chi connectivity index (χ0n) is 84.7. The molecule has 0 aliphatic carbocycles. The third-order valence-electron chi connectivity index (χ3n) is 25.5. The van der Waals surface area contributed by atoms with Crippen LogP contribution in [0.25, 0.3) is 66.5 Å². The minimum absolute atomic E-state index is 0.0209. The number of amides is 3. The molecule has 0 bridgehead atoms. The summed E-state index contributed by atoms with van der Waals surface area (Å²) in [5, 5.41) is 12.4. The van der Waals surface area contributed by atoms with Crippen LogP contribution in [-0.4, -0.2) is 251 Å². The van der Waals surface area contributed by atoms with Gasteiger partial charge < -0.3 is 68.9 Å². The van der Waals surface area contributed by atoms with Gasteiger partial charge in [-0.25, -0.2) is 15.0 Å². The number of nitrogens with one attached hydrogen (secondary N) is 3. The Hall–Kier alpha value is -14.3. The van der Waals surface area contributed by atoms with Gasteiger partial charge in [-0.15, -0.1) is 0 Å². The number of hydrogen-bond donors (Lipinski definition) is 3. The smallest absolute Gasteiger partial charge is 0.298 e. The molecule has 9 heterocycles. The summed E-state index contributed by atoms with van der Waals surface area (Å²) in [5.41, 5.74) is 8.30. The number of allylic oxidation sites excluding steroid dienone is 3. The van der Waals surface area contributed by atoms with E-state index in [4.69, 9.17) is 113 Å². The number of aromatic nitrogens is 9. The minimum Gasteiger partial charge on any atom is -0.495 e. The monoisotopic (exact) mass is 2120 g/mol. The highest BCUT2D eigenvalue weighted by atomic mass is 35.5. The van der Waals surface area contributed by atoms with Crippen molar-refractivity contribution in [2.75, 3.05) is 153 Å². The van der Waals surface area contributed by atoms with Crippen molar-refractivity contribution in [3.8, 4) is 79.7 Å². The van der Waals surface area contributed by atoms with Crippen LogP contribution in [0.2, 0.25) is 30.1 Å². The molecule has 39 heteroatoms. The maximum absolute atomic E-state index is 14.6. The van der Waals surface area contributed by atoms with E-state index in [0.29, 0.717) is 138 Å². The topological polar surface area (TPSA) is 357 Å². The molecule has 3 saturated heterocycles. The van der Waals surface area contributed by atoms with Gasteiger partial charge in [0.15, 0.2) is 17.3 Å². The summed E-state index contributed by atoms with van der Waals surface area (Å²) in [6.45, 7) is 23.6. The van der Waals surface area contributed by atoms with Gasteiger partial charge in [0.2, 0.25) is 29.7 Å². The summed E-state index contributed by atoms with van der Waals surface area (Å²) < 4.78 is 37.6. The first-order chi connectivity index (χ1) is 70.9. The first-order valence-corrected chi connectivity index (χ1v) is 49.4. The largest absolute Gasteiger partial charge is 0.495 e. The number of ether oxygens (including phenoxy) is 6. The molecule has 2 unspecified atom stereocenters. The van der Waals surface area contributed by atoms with Crippen molar-refractivity contribution < 1.29 is 57.2 Å². The first kappa shape index (κ1) is 111. The van der Waals surface area contributed by atoms with E-state index in [-0.39, 0.29) is 196 Å². The van der Waals surface area contributed by atoms with Crippen molar-refractivity contribution in [2.24, 2.45) is 11.8 Å². The molecule has 0 spiro atoms. The lowest BCUT2D eigenvalue weighted by Gasteiger charge is -2.39. The van der Waals surface area contributed by atoms with Crippen LogP contribution in [0, 0.1) is 44.4 Å². The zero-order chi connectivity index (χ0) is 107. The number of rotatable bonds is 36. The first-order valence-electron chi connectivity index (χ1n) is 47.1. The van der Waals surface area contributed by atoms with Crippen molar-refractivity contribution in [3.05, 3.63) is 266 Å². The predicted molar refractivity (Wildman–Crippen MR) is 584 cm³/mol. The maximum Gasteiger partial charge on any atom is 0.298 e. The van der Waals surface area contributed by atoms with Crippen LogP contribution in [0.1, 0.15) is 46.7 Å². The molecule has 12 aromatic rings. The van der Waals surface area contributed by atoms with E-state index in [1.54, 1.807) is 102 Å². The molecule has 6 aromatic carbocycles. The number of likely N-dealkylation sites (N-methyl/N-ethyl adjacent to an activating group) is 3. The maximum atomic E-state index is 14.6. The number of anilines is 6. The van der Waals surface area contributed by atoms with E-state index in [1.807, 2.05) is 133 Å². The second kappa shape index (κ2) is 49.9. The normalized spacial score (nSPS) is 14.1. The van der Waals surface area contributed by atoms with Gasteiger partial charge in [-0.3, -0.25) is 61.8 Å². The average molecular weight is 2130 g/mol. The Kier molecular flexibility index (Phi) is 37.4. The molecular weight excluding hydrogens is 2010 g/mol. The Bertz CT molecular complexity index is 7450. The molecule has 3 fully saturated rings. The predicted octanol–water partition coefficient (Wildman–Crippen LogP) is 17.1. The number of nitrogens with zero attached hydrogens (tertiary/aromatic N) is 15. The molecule has 6 aromatic heterocycles. The summed E-state index contributed by atoms with van der Waals surface area (Å²) in [6, 6.07) is 26.3. The molecule has 148 heavy (non-hydrogen) atoms. The second-order valence-corrected chi connectivity index (χ2v) is 38.3. The standard InChI is InChI=1S/C37H40Cl2N6O5.C36H38Cl2N6O5.C36H36Cl2N6O5/c1-7-26(46)16-24-11-8-10-22(2)34(24)41-37-40-19-25-17-27(31-32(38)28(49-5)18-29(50-6)33(31)39)36(48)45(35(25)42-37)21-23-13-15-44(20-23)30(47)12-9-14-43(3)4;1-7-25(45)14-23-11-8-10-21(2)33(23)40-36-39-17-24-15-26(30-31(37)27(48-5)16-28(49-6)32(30)38)35(47)44(34(24)41-36)20-22-18-43(19-22)29(46)12-9-13-42(3)4;1-7-10-29(46)43-14-13-42(4)24(19-43)20-44-34-23(16-26(35(44)47)30-31(37)27(48-5)17-28(49-6)32(30)38)18-39-36(41-34)40-33-21(3)11-9-12-22(33)15-25(45)8-2/h7-12,17-19,23H,1,13-16,20-21H2,2-6H3,(H,40,41,42);7-12,15-17,22H,1,13-14,18-20H2,2-6H3,(H,39,40,41);8-9,11-12,16-18,24H,2,13-15,19-20H2,1,3-6H3,(H,39,40,41)/b2*12-9+;. The van der Waals surface area contributed by atoms with E-state index in [0.717, 1.165) is 33.4 Å². The fourth-order valence-electron chi connectivity index (χ4n) is 17.6. The summed E-state index contributed by atoms with van der Waals surface area (Å²) in [4.78, 5) is 158. The Morgan fingerprint density at radius 1 is 0.439 bits per heavy atom. The lowest BCUT2D eigenvalue weighted by atomic mass is 9.99. The highest BCUT2D eigenvalue weighted by Gasteiger charge is 2.36. The number of carbonyl (C=O) groups is 6. The number of fused-ring (bicyclic) bond motifs is 3. The SMILES string of the molecule is C=CC(=O)Cc1cccc(C)c1Nc1ncc2cc(-c3c(Cl)c(OC)cc(OC)c3Cl)c(=O)n(CC3CCN(C(=O)/C=C/CN(C)C)C3)c2n1.C=CC(=O)Cc1cccc(C)c1Nc1ncc2cc(-c3c(Cl)c(OC)cc(OC)c3Cl)c(=O)n(CC3CN(C(=O)/C=C/CN(C)C)C3)c2n1.C=CC(=O)Cc1cccc(C)c1Nc1ncc2cc(-c3c(Cl)c(OC)cc(OC)c3Cl)c(=O)n(CC3CN(C(=O)C#CC)CCN3C)c2n1. The quantitative estimate of drug-likeness (QED) is 0.0242. The fraction of sp³-hybridized carbons (Fsp3) is 0.312. The zero-order valence-corrected chi connectivity index (χ0v) is 89.2. The average Bonchev–Trinajstić information content (AvgIpc) is 0.861. The van der Waals surface area contributed by atoms with Gasteiger partial charge in [-0.05, 0) is 151 Å². The molecule has 0 saturated carbocycles. The van der Waals surface area contributed by atoms with Crippen LogP contribution in [0.4, 0.5) is 34.9 Å². The molecule has 15 rings (SSSR count). The lowest BCUT2D eigenvalue weighted by molar-refractivity contribution is -0.132. The van der Waals surface area contributed by atoms with Gasteiger partial charge in [-0.1, -0.05) is 162 Å². The third kappa shape index (κ3) is 25.4. The number of hydrogen-bond acceptors (Lipinski definition) is 27. The van der Waals surface area contributed by atoms with Gasteiger partial charge in [0.05, 0.1) is 89.5 Å². The number of aryl methyl sites for hydroxylation is 3. The number of likely N-dealkylation sites (tertiary alicyclic amines) is 2. The van der Waals surface area contributed by atoms with E-state index < -0.39 is 5.56 Å². The molecular formula is C109H114Cl6N18O15. The summed E-state index contributed by atoms with van der Waals surface area (Å²) in [7, 11) is 18.5. The van der Waals surface area contributed by atoms with Gasteiger partial charge >= 0.3 is 0 Å². The Morgan fingerprint density at radius 2 is 0.764 bits per heavy atom. The number of methoxy groups -OCH3 is 6. The molecule has 772 valence electrons. The molecule has 2 atom stereocenters. The second-order valence-electron chi connectivity index (χ2n) is 36.1. The summed E-state index contributed by atoms with van der Waals surface area (Å²) in [6.07, 6.45) is 16.7. The number of para-hydroxylation sites is 3. The van der Waals surface area contributed by atoms with Crippen LogP contribution in [0.3, 0.4) is 0 Å². The number of benzene rings is 6. The highest BCUT2D eigenvalue weighted by Crippen LogP contribution is 2.50. The van der Waals surface area contributed by atoms with Gasteiger partial charge in [0.25, 0.3) is 22.6 Å². The number of carbonyl (C=O) groups excluding carboxylic acids is 6. The van der Waals surface area contributed by atoms with Crippen molar-refractivity contribution in [1.29, 1.82) is 0 Å². The van der Waals surface area contributed by atoms with Crippen molar-refractivity contribution in [3.63, 3.8) is 0 Å². The van der Waals surface area contributed by atoms with Crippen LogP contribution in [-0.2, 0) is 67.7 Å². The van der Waals surface area contributed by atoms with Gasteiger partial charge in [0.1, 0.15) is 51.4 Å². The molecule has 3 amide bonds. The molecule has 0 radical (unpaired) electrons. The van der Waals surface area contributed by atoms with Crippen molar-refractivity contribution in [1.82, 2.24) is 73.0 Å². The summed E-state index contributed by atoms with van der Waals surface area (Å²) >= 11 is 40.7. The Morgan fingerprint density at radius 3 is 1.09 bits per heavy atom. The molecule has 3 aliphatic rings. The van der Waals surface area contributed by atoms with E-state index in [2.05, 4.69) is 67.4 Å². The van der Waals surface area contributed by atoms with E-state index in [1.165, 1.54) is 60.9 Å². The third-order valence-corrected chi connectivity index (χ3v) is 27.7. The molecule has 33 nitrogen and oxygen atoms in total. The fourth-order valence-corrected chi connectivity index (χ4v) is 19.7. The van der Waals surface area contributed by atoms with E-state index in [9.17, 15) is 43.2 Å². The van der Waals surface area contributed by atoms with Crippen LogP contribution < -0.4 is 61.0 Å². The van der Waals surface area contributed by atoms with Crippen LogP contribution in [0.5, 0.6) is 34.5 Å². The van der Waals surface area contributed by atoms with Gasteiger partial charge in [-0.2, -0.15) is 15.0 Å². The number of halogens is 6. The molecule has 3 N–H and O–H groups in total. The Labute approximate surface area is 886 Å². The van der Waals surface area contributed by atoms with Crippen LogP contribution in [0.15, 0.2) is 186 Å². The van der Waals surface area contributed by atoms with Crippen molar-refractivity contribution >= 4 is 173 Å². The lowest BCUT2D eigenvalue weighted by Crippen LogP contribution is -2.55. The number of pyridine rings is 3. The summed E-state index contributed by atoms with van der Waals surface area (Å²) in [5.74, 6) is 6.87. The molecule has 3 aliphatic heterocycles. The number of piperazine rings is 1. The Balaban J connectivity index is 0.000000185. The van der Waals surface area contributed by atoms with Crippen molar-refractivity contribution in [2.45, 2.75) is 79.1 Å². The number of ketones is 3. The van der Waals surface area contributed by atoms with E-state index >= 15 is 0 Å².